The number of para-hydroxylation sites is 2. The molecule has 1 aliphatic carbocycles. The molecule has 4 amide bonds. The normalized spacial score (nSPS) is 18.9. The second-order valence-electron chi connectivity index (χ2n) is 6.87. The van der Waals surface area contributed by atoms with Gasteiger partial charge in [0, 0.05) is 13.0 Å². The van der Waals surface area contributed by atoms with Crippen LogP contribution in [0.2, 0.25) is 0 Å². The first-order valence-electron chi connectivity index (χ1n) is 8.99. The molecule has 0 bridgehead atoms. The summed E-state index contributed by atoms with van der Waals surface area (Å²) in [5.74, 6) is -1.52. The van der Waals surface area contributed by atoms with E-state index in [0.717, 1.165) is 30.2 Å². The van der Waals surface area contributed by atoms with Crippen molar-refractivity contribution < 1.29 is 32.3 Å². The fraction of sp³-hybridized carbons (Fsp3) is 0.500. The number of rotatable bonds is 5. The fourth-order valence-electron chi connectivity index (χ4n) is 3.58. The van der Waals surface area contributed by atoms with Crippen LogP contribution in [-0.2, 0) is 9.59 Å². The van der Waals surface area contributed by atoms with Crippen LogP contribution in [0.15, 0.2) is 24.3 Å². The molecule has 2 N–H and O–H groups in total. The van der Waals surface area contributed by atoms with E-state index >= 15 is 0 Å². The molecule has 0 radical (unpaired) electrons. The first kappa shape index (κ1) is 20.0. The van der Waals surface area contributed by atoms with Gasteiger partial charge in [0.25, 0.3) is 5.91 Å². The molecule has 1 aliphatic heterocycles. The third kappa shape index (κ3) is 4.37. The van der Waals surface area contributed by atoms with E-state index in [-0.39, 0.29) is 24.6 Å². The zero-order chi connectivity index (χ0) is 20.4. The Morgan fingerprint density at radius 2 is 1.86 bits per heavy atom. The first-order valence-corrected chi connectivity index (χ1v) is 8.99. The van der Waals surface area contributed by atoms with E-state index in [1.165, 1.54) is 18.2 Å². The Balaban J connectivity index is 1.59. The summed E-state index contributed by atoms with van der Waals surface area (Å²) in [5, 5.41) is 5.06. The number of hydrogen-bond donors (Lipinski definition) is 2. The van der Waals surface area contributed by atoms with Gasteiger partial charge in [-0.1, -0.05) is 31.4 Å². The van der Waals surface area contributed by atoms with Crippen LogP contribution in [0.5, 0.6) is 5.75 Å². The summed E-state index contributed by atoms with van der Waals surface area (Å²) in [6.45, 7) is -0.152. The number of ether oxygens (including phenoxy) is 1. The molecule has 10 heteroatoms. The van der Waals surface area contributed by atoms with Crippen LogP contribution < -0.4 is 15.4 Å². The average Bonchev–Trinajstić information content (AvgIpc) is 2.84. The lowest BCUT2D eigenvalue weighted by Gasteiger charge is -2.30. The zero-order valence-corrected chi connectivity index (χ0v) is 15.0. The molecule has 1 saturated heterocycles. The lowest BCUT2D eigenvalue weighted by Crippen LogP contribution is -2.48. The predicted octanol–water partition coefficient (Wildman–Crippen LogP) is 3.17. The first-order chi connectivity index (χ1) is 13.2. The van der Waals surface area contributed by atoms with E-state index < -0.39 is 29.6 Å². The summed E-state index contributed by atoms with van der Waals surface area (Å²) in [4.78, 5) is 38.0. The van der Waals surface area contributed by atoms with Gasteiger partial charge in [0.1, 0.15) is 5.54 Å². The van der Waals surface area contributed by atoms with Crippen molar-refractivity contribution in [3.05, 3.63) is 24.3 Å². The third-order valence-electron chi connectivity index (χ3n) is 4.90. The van der Waals surface area contributed by atoms with Crippen LogP contribution in [0.1, 0.15) is 38.5 Å². The molecule has 28 heavy (non-hydrogen) atoms. The van der Waals surface area contributed by atoms with Gasteiger partial charge in [-0.25, -0.2) is 4.79 Å². The number of amides is 4. The summed E-state index contributed by atoms with van der Waals surface area (Å²) in [6.07, 6.45) is -1.30. The van der Waals surface area contributed by atoms with Crippen molar-refractivity contribution in [3.63, 3.8) is 0 Å². The molecule has 1 spiro atoms. The molecule has 152 valence electrons. The van der Waals surface area contributed by atoms with Gasteiger partial charge in [-0.05, 0) is 25.0 Å². The molecular formula is C18H20F3N3O4. The molecule has 3 rings (SSSR count). The molecule has 1 heterocycles. The molecule has 1 saturated carbocycles. The van der Waals surface area contributed by atoms with Crippen LogP contribution in [0, 0.1) is 0 Å². The predicted molar refractivity (Wildman–Crippen MR) is 92.4 cm³/mol. The van der Waals surface area contributed by atoms with Gasteiger partial charge in [0.15, 0.2) is 5.75 Å². The summed E-state index contributed by atoms with van der Waals surface area (Å²) < 4.78 is 41.2. The van der Waals surface area contributed by atoms with Gasteiger partial charge >= 0.3 is 12.4 Å². The number of alkyl halides is 3. The van der Waals surface area contributed by atoms with Crippen LogP contribution in [0.25, 0.3) is 0 Å². The number of imide groups is 1. The summed E-state index contributed by atoms with van der Waals surface area (Å²) in [6, 6.07) is 4.59. The zero-order valence-electron chi connectivity index (χ0n) is 15.0. The Labute approximate surface area is 159 Å². The van der Waals surface area contributed by atoms with Gasteiger partial charge in [-0.15, -0.1) is 13.2 Å². The SMILES string of the molecule is O=C(CCN1C(=O)NC2(CCCCC2)C1=O)Nc1ccccc1OC(F)(F)F. The Morgan fingerprint density at radius 3 is 2.54 bits per heavy atom. The smallest absolute Gasteiger partial charge is 0.404 e. The number of anilines is 1. The lowest BCUT2D eigenvalue weighted by molar-refractivity contribution is -0.274. The number of benzene rings is 1. The van der Waals surface area contributed by atoms with E-state index in [0.29, 0.717) is 12.8 Å². The lowest BCUT2D eigenvalue weighted by atomic mass is 9.82. The standard InChI is InChI=1S/C18H20F3N3O4/c19-18(20,21)28-13-7-3-2-6-12(13)22-14(25)8-11-24-15(26)17(23-16(24)27)9-4-1-5-10-17/h2-3,6-7H,1,4-5,8-11H2,(H,22,25)(H,23,27). The number of nitrogens with zero attached hydrogens (tertiary/aromatic N) is 1. The molecule has 2 aliphatic rings. The van der Waals surface area contributed by atoms with E-state index in [4.69, 9.17) is 0 Å². The maximum absolute atomic E-state index is 12.6. The maximum atomic E-state index is 12.6. The van der Waals surface area contributed by atoms with Crippen LogP contribution in [-0.4, -0.2) is 41.2 Å². The number of urea groups is 1. The summed E-state index contributed by atoms with van der Waals surface area (Å²) in [7, 11) is 0. The summed E-state index contributed by atoms with van der Waals surface area (Å²) in [5.41, 5.74) is -1.02. The van der Waals surface area contributed by atoms with Crippen molar-refractivity contribution in [1.29, 1.82) is 0 Å². The highest BCUT2D eigenvalue weighted by atomic mass is 19.4. The van der Waals surface area contributed by atoms with E-state index in [1.54, 1.807) is 0 Å². The van der Waals surface area contributed by atoms with Gasteiger partial charge < -0.3 is 15.4 Å². The maximum Gasteiger partial charge on any atom is 0.573 e. The molecule has 0 atom stereocenters. The molecule has 1 aromatic rings. The second kappa shape index (κ2) is 7.69. The van der Waals surface area contributed by atoms with Crippen molar-refractivity contribution in [2.45, 2.75) is 50.4 Å². The molecule has 7 nitrogen and oxygen atoms in total. The Kier molecular flexibility index (Phi) is 5.48. The number of nitrogens with one attached hydrogen (secondary N) is 2. The minimum Gasteiger partial charge on any atom is -0.404 e. The van der Waals surface area contributed by atoms with Crippen LogP contribution >= 0.6 is 0 Å². The Bertz CT molecular complexity index is 776. The molecule has 1 aromatic carbocycles. The number of hydrogen-bond acceptors (Lipinski definition) is 4. The molecular weight excluding hydrogens is 379 g/mol. The van der Waals surface area contributed by atoms with Crippen molar-refractivity contribution >= 4 is 23.5 Å². The minimum atomic E-state index is -4.89. The van der Waals surface area contributed by atoms with Gasteiger partial charge in [0.05, 0.1) is 5.69 Å². The van der Waals surface area contributed by atoms with Crippen molar-refractivity contribution in [1.82, 2.24) is 10.2 Å². The number of carbonyl (C=O) groups excluding carboxylic acids is 3. The van der Waals surface area contributed by atoms with Crippen molar-refractivity contribution in [3.8, 4) is 5.75 Å². The van der Waals surface area contributed by atoms with Crippen molar-refractivity contribution in [2.24, 2.45) is 0 Å². The second-order valence-corrected chi connectivity index (χ2v) is 6.87. The Morgan fingerprint density at radius 1 is 1.18 bits per heavy atom. The van der Waals surface area contributed by atoms with Gasteiger partial charge in [-0.3, -0.25) is 14.5 Å². The summed E-state index contributed by atoms with van der Waals surface area (Å²) >= 11 is 0. The molecule has 2 fully saturated rings. The van der Waals surface area contributed by atoms with E-state index in [2.05, 4.69) is 15.4 Å². The molecule has 0 unspecified atom stereocenters. The van der Waals surface area contributed by atoms with Gasteiger partial charge in [0.2, 0.25) is 5.91 Å². The quantitative estimate of drug-likeness (QED) is 0.745. The van der Waals surface area contributed by atoms with Gasteiger partial charge in [-0.2, -0.15) is 0 Å². The van der Waals surface area contributed by atoms with E-state index in [1.807, 2.05) is 0 Å². The largest absolute Gasteiger partial charge is 0.573 e. The molecule has 0 aromatic heterocycles. The minimum absolute atomic E-state index is 0.147. The average molecular weight is 399 g/mol. The Hall–Kier alpha value is -2.78. The highest BCUT2D eigenvalue weighted by Crippen LogP contribution is 2.34. The highest BCUT2D eigenvalue weighted by Gasteiger charge is 2.51. The topological polar surface area (TPSA) is 87.7 Å². The third-order valence-corrected chi connectivity index (χ3v) is 4.90. The number of carbonyl (C=O) groups is 3. The monoisotopic (exact) mass is 399 g/mol. The highest BCUT2D eigenvalue weighted by molar-refractivity contribution is 6.07. The van der Waals surface area contributed by atoms with Crippen LogP contribution in [0.3, 0.4) is 0 Å². The fourth-order valence-corrected chi connectivity index (χ4v) is 3.58. The van der Waals surface area contributed by atoms with Crippen LogP contribution in [0.4, 0.5) is 23.7 Å². The van der Waals surface area contributed by atoms with E-state index in [9.17, 15) is 27.6 Å². The van der Waals surface area contributed by atoms with Crippen molar-refractivity contribution in [2.75, 3.05) is 11.9 Å². The number of halogens is 3.